The van der Waals surface area contributed by atoms with Crippen LogP contribution in [-0.2, 0) is 0 Å². The van der Waals surface area contributed by atoms with Gasteiger partial charge in [0.2, 0.25) is 0 Å². The van der Waals surface area contributed by atoms with Crippen molar-refractivity contribution in [2.24, 2.45) is 39.0 Å². The van der Waals surface area contributed by atoms with E-state index in [9.17, 15) is 0 Å². The van der Waals surface area contributed by atoms with E-state index in [4.69, 9.17) is 4.99 Å². The Morgan fingerprint density at radius 3 is 2.52 bits per heavy atom. The molecule has 0 aromatic rings. The van der Waals surface area contributed by atoms with Crippen molar-refractivity contribution >= 4 is 5.71 Å². The van der Waals surface area contributed by atoms with E-state index >= 15 is 0 Å². The van der Waals surface area contributed by atoms with E-state index in [0.29, 0.717) is 22.2 Å². The van der Waals surface area contributed by atoms with Crippen LogP contribution in [0.1, 0.15) is 92.4 Å². The fraction of sp³-hybridized carbons (Fsp3) is 0.808. The van der Waals surface area contributed by atoms with Crippen molar-refractivity contribution in [2.75, 3.05) is 6.54 Å². The van der Waals surface area contributed by atoms with E-state index in [-0.39, 0.29) is 0 Å². The molecule has 27 heavy (non-hydrogen) atoms. The average molecular weight is 368 g/mol. The van der Waals surface area contributed by atoms with Crippen molar-refractivity contribution in [3.8, 4) is 0 Å². The van der Waals surface area contributed by atoms with Gasteiger partial charge in [0.1, 0.15) is 0 Å². The molecular weight excluding hydrogens is 326 g/mol. The van der Waals surface area contributed by atoms with Crippen LogP contribution in [0.5, 0.6) is 0 Å². The molecule has 3 fully saturated rings. The first-order chi connectivity index (χ1) is 12.7. The van der Waals surface area contributed by atoms with Gasteiger partial charge in [0.15, 0.2) is 0 Å². The Morgan fingerprint density at radius 1 is 1.04 bits per heavy atom. The van der Waals surface area contributed by atoms with Gasteiger partial charge in [-0.2, -0.15) is 0 Å². The van der Waals surface area contributed by atoms with E-state index in [1.54, 1.807) is 0 Å². The van der Waals surface area contributed by atoms with Crippen LogP contribution in [0.15, 0.2) is 28.8 Å². The number of fused-ring (bicyclic) bond motifs is 5. The molecule has 150 valence electrons. The standard InChI is InChI=1S/C26H41N/c1-18(2)17-27-19(3)21-12-15-26(6)23-11-10-20-9-7-8-14-24(20,4)22(23)13-16-25(21,26)5/h9,21-23H,1,7-8,10-17H2,2-6H3/b27-19+. The molecule has 3 saturated carbocycles. The fourth-order valence-corrected chi connectivity index (χ4v) is 8.20. The summed E-state index contributed by atoms with van der Waals surface area (Å²) in [5.41, 5.74) is 5.85. The van der Waals surface area contributed by atoms with Gasteiger partial charge in [-0.1, -0.05) is 44.6 Å². The average Bonchev–Trinajstić information content (AvgIpc) is 2.91. The van der Waals surface area contributed by atoms with Crippen LogP contribution < -0.4 is 0 Å². The Morgan fingerprint density at radius 2 is 1.78 bits per heavy atom. The number of hydrogen-bond acceptors (Lipinski definition) is 1. The van der Waals surface area contributed by atoms with Crippen LogP contribution >= 0.6 is 0 Å². The van der Waals surface area contributed by atoms with Gasteiger partial charge in [0, 0.05) is 11.6 Å². The third-order valence-electron chi connectivity index (χ3n) is 9.98. The predicted octanol–water partition coefficient (Wildman–Crippen LogP) is 7.38. The van der Waals surface area contributed by atoms with E-state index in [1.165, 1.54) is 69.1 Å². The summed E-state index contributed by atoms with van der Waals surface area (Å²) in [6.45, 7) is 17.2. The van der Waals surface area contributed by atoms with Gasteiger partial charge >= 0.3 is 0 Å². The lowest BCUT2D eigenvalue weighted by molar-refractivity contribution is -0.105. The lowest BCUT2D eigenvalue weighted by atomic mass is 9.42. The molecule has 1 heteroatoms. The zero-order chi connectivity index (χ0) is 19.4. The van der Waals surface area contributed by atoms with Crippen molar-refractivity contribution in [2.45, 2.75) is 92.4 Å². The number of aliphatic imine (C=N–C) groups is 1. The fourth-order valence-electron chi connectivity index (χ4n) is 8.20. The molecule has 0 aromatic heterocycles. The van der Waals surface area contributed by atoms with Crippen molar-refractivity contribution in [1.29, 1.82) is 0 Å². The van der Waals surface area contributed by atoms with Crippen molar-refractivity contribution in [3.05, 3.63) is 23.8 Å². The number of allylic oxidation sites excluding steroid dienone is 2. The van der Waals surface area contributed by atoms with Crippen LogP contribution in [0.2, 0.25) is 0 Å². The molecule has 4 rings (SSSR count). The third kappa shape index (κ3) is 2.74. The lowest BCUT2D eigenvalue weighted by Gasteiger charge is -2.63. The van der Waals surface area contributed by atoms with Crippen LogP contribution in [0, 0.1) is 34.0 Å². The maximum absolute atomic E-state index is 4.96. The number of rotatable bonds is 3. The van der Waals surface area contributed by atoms with Crippen LogP contribution in [-0.4, -0.2) is 12.3 Å². The SMILES string of the molecule is C=C(C)C/N=C(\C)C1CCC2(C)C3CCC4=CCCCC4(C)C3CCC12C. The first-order valence-electron chi connectivity index (χ1n) is 11.6. The molecule has 1 nitrogen and oxygen atoms in total. The summed E-state index contributed by atoms with van der Waals surface area (Å²) in [7, 11) is 0. The molecule has 6 atom stereocenters. The number of hydrogen-bond donors (Lipinski definition) is 0. The minimum absolute atomic E-state index is 0.434. The van der Waals surface area contributed by atoms with Gasteiger partial charge < -0.3 is 0 Å². The smallest absolute Gasteiger partial charge is 0.0593 e. The van der Waals surface area contributed by atoms with Gasteiger partial charge in [-0.25, -0.2) is 0 Å². The highest BCUT2D eigenvalue weighted by Crippen LogP contribution is 2.72. The molecule has 0 N–H and O–H groups in total. The molecule has 4 aliphatic carbocycles. The number of nitrogens with zero attached hydrogens (tertiary/aromatic N) is 1. The summed E-state index contributed by atoms with van der Waals surface area (Å²) >= 11 is 0. The van der Waals surface area contributed by atoms with Crippen LogP contribution in [0.4, 0.5) is 0 Å². The van der Waals surface area contributed by atoms with Crippen molar-refractivity contribution in [1.82, 2.24) is 0 Å². The highest BCUT2D eigenvalue weighted by molar-refractivity contribution is 5.85. The molecule has 0 spiro atoms. The van der Waals surface area contributed by atoms with Crippen LogP contribution in [0.25, 0.3) is 0 Å². The summed E-state index contributed by atoms with van der Waals surface area (Å²) in [6.07, 6.45) is 15.2. The second kappa shape index (κ2) is 6.60. The minimum atomic E-state index is 0.434. The first kappa shape index (κ1) is 19.5. The van der Waals surface area contributed by atoms with Crippen molar-refractivity contribution in [3.63, 3.8) is 0 Å². The second-order valence-electron chi connectivity index (χ2n) is 11.2. The highest BCUT2D eigenvalue weighted by atomic mass is 14.8. The van der Waals surface area contributed by atoms with Gasteiger partial charge in [0.25, 0.3) is 0 Å². The third-order valence-corrected chi connectivity index (χ3v) is 9.98. The summed E-state index contributed by atoms with van der Waals surface area (Å²) in [4.78, 5) is 4.96. The Hall–Kier alpha value is -0.850. The molecule has 0 amide bonds. The van der Waals surface area contributed by atoms with Gasteiger partial charge in [0.05, 0.1) is 6.54 Å². The van der Waals surface area contributed by atoms with Gasteiger partial charge in [-0.3, -0.25) is 4.99 Å². The van der Waals surface area contributed by atoms with E-state index < -0.39 is 0 Å². The Kier molecular flexibility index (Phi) is 4.76. The van der Waals surface area contributed by atoms with Gasteiger partial charge in [-0.15, -0.1) is 0 Å². The highest BCUT2D eigenvalue weighted by Gasteiger charge is 2.64. The molecule has 0 heterocycles. The summed E-state index contributed by atoms with van der Waals surface area (Å²) < 4.78 is 0. The van der Waals surface area contributed by atoms with Crippen LogP contribution in [0.3, 0.4) is 0 Å². The zero-order valence-electron chi connectivity index (χ0n) is 18.5. The lowest BCUT2D eigenvalue weighted by Crippen LogP contribution is -2.55. The van der Waals surface area contributed by atoms with Gasteiger partial charge in [-0.05, 0) is 99.7 Å². The second-order valence-corrected chi connectivity index (χ2v) is 11.2. The quantitative estimate of drug-likeness (QED) is 0.364. The first-order valence-corrected chi connectivity index (χ1v) is 11.6. The molecule has 0 saturated heterocycles. The van der Waals surface area contributed by atoms with E-state index in [2.05, 4.69) is 47.3 Å². The zero-order valence-corrected chi connectivity index (χ0v) is 18.5. The normalized spacial score (nSPS) is 46.9. The Labute approximate surface area is 167 Å². The molecule has 0 radical (unpaired) electrons. The Balaban J connectivity index is 1.65. The monoisotopic (exact) mass is 367 g/mol. The summed E-state index contributed by atoms with van der Waals surface area (Å²) in [5.74, 6) is 2.51. The Bertz CT molecular complexity index is 684. The largest absolute Gasteiger partial charge is 0.290 e. The maximum atomic E-state index is 4.96. The molecule has 0 bridgehead atoms. The summed E-state index contributed by atoms with van der Waals surface area (Å²) in [6, 6.07) is 0. The predicted molar refractivity (Wildman–Crippen MR) is 117 cm³/mol. The molecule has 4 aliphatic rings. The van der Waals surface area contributed by atoms with E-state index in [1.807, 2.05) is 5.57 Å². The van der Waals surface area contributed by atoms with Crippen molar-refractivity contribution < 1.29 is 0 Å². The maximum Gasteiger partial charge on any atom is 0.0593 e. The summed E-state index contributed by atoms with van der Waals surface area (Å²) in [5, 5.41) is 0. The topological polar surface area (TPSA) is 12.4 Å². The molecule has 0 aliphatic heterocycles. The molecular formula is C26H41N. The molecule has 6 unspecified atom stereocenters. The molecule has 0 aromatic carbocycles. The van der Waals surface area contributed by atoms with E-state index in [0.717, 1.165) is 18.4 Å². The minimum Gasteiger partial charge on any atom is -0.290 e.